The maximum Gasteiger partial charge on any atom is 0.306 e. The van der Waals surface area contributed by atoms with Gasteiger partial charge in [-0.1, -0.05) is 19.1 Å². The van der Waals surface area contributed by atoms with Crippen molar-refractivity contribution in [1.82, 2.24) is 0 Å². The van der Waals surface area contributed by atoms with Gasteiger partial charge in [0, 0.05) is 25.2 Å². The van der Waals surface area contributed by atoms with E-state index in [1.54, 1.807) is 24.3 Å². The van der Waals surface area contributed by atoms with Gasteiger partial charge in [-0.2, -0.15) is 0 Å². The molecule has 5 heteroatoms. The van der Waals surface area contributed by atoms with Crippen molar-refractivity contribution in [2.45, 2.75) is 32.6 Å². The number of phenolic OH excluding ortho intramolecular Hbond substituents is 1. The van der Waals surface area contributed by atoms with E-state index in [2.05, 4.69) is 0 Å². The summed E-state index contributed by atoms with van der Waals surface area (Å²) < 4.78 is 5.16. The van der Waals surface area contributed by atoms with Gasteiger partial charge in [-0.15, -0.1) is 0 Å². The normalized spacial score (nSPS) is 13.1. The number of benzene rings is 1. The van der Waals surface area contributed by atoms with E-state index in [0.717, 1.165) is 18.1 Å². The predicted octanol–water partition coefficient (Wildman–Crippen LogP) is 2.30. The van der Waals surface area contributed by atoms with Crippen molar-refractivity contribution in [3.63, 3.8) is 0 Å². The Labute approximate surface area is 130 Å². The Morgan fingerprint density at radius 2 is 1.95 bits per heavy atom. The van der Waals surface area contributed by atoms with Crippen molar-refractivity contribution in [3.05, 3.63) is 29.8 Å². The van der Waals surface area contributed by atoms with E-state index in [1.165, 1.54) is 0 Å². The summed E-state index contributed by atoms with van der Waals surface area (Å²) in [6.07, 6.45) is 2.95. The molecule has 120 valence electrons. The third-order valence-electron chi connectivity index (χ3n) is 3.67. The summed E-state index contributed by atoms with van der Waals surface area (Å²) in [6, 6.07) is 6.68. The highest BCUT2D eigenvalue weighted by molar-refractivity contribution is 5.71. The Hall–Kier alpha value is -2.17. The number of aromatic hydroxyl groups is 1. The van der Waals surface area contributed by atoms with E-state index in [0.29, 0.717) is 12.8 Å². The van der Waals surface area contributed by atoms with E-state index in [9.17, 15) is 19.5 Å². The van der Waals surface area contributed by atoms with Crippen LogP contribution < -0.4 is 0 Å². The molecule has 5 nitrogen and oxygen atoms in total. The molecular formula is C17H22O5. The molecule has 0 aliphatic rings. The molecule has 0 saturated carbocycles. The molecule has 1 aromatic carbocycles. The van der Waals surface area contributed by atoms with Crippen LogP contribution in [-0.4, -0.2) is 30.3 Å². The number of hydrogen-bond donors (Lipinski definition) is 1. The van der Waals surface area contributed by atoms with Crippen LogP contribution in [0.1, 0.15) is 31.7 Å². The van der Waals surface area contributed by atoms with Gasteiger partial charge >= 0.3 is 5.97 Å². The quantitative estimate of drug-likeness (QED) is 0.530. The minimum absolute atomic E-state index is 0.0750. The standard InChI is InChI=1S/C17H22O5/c1-2-14(12-19)15(7-9-18)11-17(21)22-10-8-13-3-5-16(20)6-4-13/h3-6,9,12,14-15,20H,2,7-8,10-11H2,1H3/t14?,15-/m0/s1. The number of ether oxygens (including phenoxy) is 1. The van der Waals surface area contributed by atoms with Crippen LogP contribution in [0.25, 0.3) is 0 Å². The molecule has 1 N–H and O–H groups in total. The Balaban J connectivity index is 2.41. The third kappa shape index (κ3) is 6.08. The number of rotatable bonds is 10. The van der Waals surface area contributed by atoms with Crippen molar-refractivity contribution in [1.29, 1.82) is 0 Å². The molecule has 0 saturated heterocycles. The van der Waals surface area contributed by atoms with Crippen LogP contribution in [-0.2, 0) is 25.5 Å². The summed E-state index contributed by atoms with van der Waals surface area (Å²) in [4.78, 5) is 33.5. The van der Waals surface area contributed by atoms with Gasteiger partial charge in [0.05, 0.1) is 6.61 Å². The van der Waals surface area contributed by atoms with Crippen molar-refractivity contribution < 1.29 is 24.2 Å². The Morgan fingerprint density at radius 1 is 1.27 bits per heavy atom. The highest BCUT2D eigenvalue weighted by Crippen LogP contribution is 2.21. The molecule has 0 aliphatic carbocycles. The average molecular weight is 306 g/mol. The summed E-state index contributed by atoms with van der Waals surface area (Å²) >= 11 is 0. The van der Waals surface area contributed by atoms with E-state index in [-0.39, 0.29) is 37.0 Å². The second kappa shape index (κ2) is 9.71. The molecule has 1 unspecified atom stereocenters. The maximum absolute atomic E-state index is 11.8. The van der Waals surface area contributed by atoms with Crippen molar-refractivity contribution >= 4 is 18.5 Å². The average Bonchev–Trinajstić information content (AvgIpc) is 2.50. The number of carbonyl (C=O) groups is 3. The first-order valence-electron chi connectivity index (χ1n) is 7.43. The van der Waals surface area contributed by atoms with Gasteiger partial charge in [-0.3, -0.25) is 4.79 Å². The largest absolute Gasteiger partial charge is 0.508 e. The zero-order chi connectivity index (χ0) is 16.4. The molecule has 0 bridgehead atoms. The van der Waals surface area contributed by atoms with Crippen LogP contribution >= 0.6 is 0 Å². The fourth-order valence-electron chi connectivity index (χ4n) is 2.29. The fraction of sp³-hybridized carbons (Fsp3) is 0.471. The molecule has 0 spiro atoms. The van der Waals surface area contributed by atoms with Gasteiger partial charge < -0.3 is 19.4 Å². The minimum atomic E-state index is -0.397. The summed E-state index contributed by atoms with van der Waals surface area (Å²) in [6.45, 7) is 2.09. The number of esters is 1. The summed E-state index contributed by atoms with van der Waals surface area (Å²) in [7, 11) is 0. The topological polar surface area (TPSA) is 80.7 Å². The molecule has 0 aromatic heterocycles. The Morgan fingerprint density at radius 3 is 2.50 bits per heavy atom. The van der Waals surface area contributed by atoms with Crippen molar-refractivity contribution in [2.24, 2.45) is 11.8 Å². The minimum Gasteiger partial charge on any atom is -0.508 e. The lowest BCUT2D eigenvalue weighted by Gasteiger charge is -2.18. The molecule has 22 heavy (non-hydrogen) atoms. The van der Waals surface area contributed by atoms with Crippen LogP contribution in [0.2, 0.25) is 0 Å². The second-order valence-corrected chi connectivity index (χ2v) is 5.21. The van der Waals surface area contributed by atoms with E-state index < -0.39 is 5.97 Å². The SMILES string of the molecule is CCC(C=O)[C@@H](CC=O)CC(=O)OCCc1ccc(O)cc1. The molecule has 1 rings (SSSR count). The lowest BCUT2D eigenvalue weighted by molar-refractivity contribution is -0.145. The first kappa shape index (κ1) is 17.9. The molecule has 1 aromatic rings. The van der Waals surface area contributed by atoms with Crippen molar-refractivity contribution in [2.75, 3.05) is 6.61 Å². The van der Waals surface area contributed by atoms with E-state index in [1.807, 2.05) is 6.92 Å². The van der Waals surface area contributed by atoms with Gasteiger partial charge in [0.2, 0.25) is 0 Å². The van der Waals surface area contributed by atoms with Crippen molar-refractivity contribution in [3.8, 4) is 5.75 Å². The molecule has 2 atom stereocenters. The predicted molar refractivity (Wildman–Crippen MR) is 81.4 cm³/mol. The van der Waals surface area contributed by atoms with Gasteiger partial charge in [-0.05, 0) is 30.0 Å². The van der Waals surface area contributed by atoms with Crippen LogP contribution in [0.4, 0.5) is 0 Å². The summed E-state index contributed by atoms with van der Waals surface area (Å²) in [5.74, 6) is -0.793. The fourth-order valence-corrected chi connectivity index (χ4v) is 2.29. The van der Waals surface area contributed by atoms with E-state index >= 15 is 0 Å². The lowest BCUT2D eigenvalue weighted by Crippen LogP contribution is -2.21. The first-order valence-corrected chi connectivity index (χ1v) is 7.43. The first-order chi connectivity index (χ1) is 10.6. The van der Waals surface area contributed by atoms with Gasteiger partial charge in [0.15, 0.2) is 0 Å². The molecule has 0 amide bonds. The number of carbonyl (C=O) groups excluding carboxylic acids is 3. The van der Waals surface area contributed by atoms with E-state index in [4.69, 9.17) is 4.74 Å². The van der Waals surface area contributed by atoms with Crippen LogP contribution in [0.15, 0.2) is 24.3 Å². The summed E-state index contributed by atoms with van der Waals surface area (Å²) in [5.41, 5.74) is 0.953. The molecule has 0 heterocycles. The second-order valence-electron chi connectivity index (χ2n) is 5.21. The molecular weight excluding hydrogens is 284 g/mol. The zero-order valence-electron chi connectivity index (χ0n) is 12.7. The van der Waals surface area contributed by atoms with Crippen LogP contribution in [0.3, 0.4) is 0 Å². The highest BCUT2D eigenvalue weighted by Gasteiger charge is 2.22. The highest BCUT2D eigenvalue weighted by atomic mass is 16.5. The summed E-state index contributed by atoms with van der Waals surface area (Å²) in [5, 5.41) is 9.18. The Kier molecular flexibility index (Phi) is 7.89. The number of hydrogen-bond acceptors (Lipinski definition) is 5. The van der Waals surface area contributed by atoms with Crippen LogP contribution in [0.5, 0.6) is 5.75 Å². The molecule has 0 fully saturated rings. The van der Waals surface area contributed by atoms with Gasteiger partial charge in [0.25, 0.3) is 0 Å². The van der Waals surface area contributed by atoms with Gasteiger partial charge in [0.1, 0.15) is 18.3 Å². The van der Waals surface area contributed by atoms with Gasteiger partial charge in [-0.25, -0.2) is 0 Å². The zero-order valence-corrected chi connectivity index (χ0v) is 12.7. The molecule has 0 radical (unpaired) electrons. The monoisotopic (exact) mass is 306 g/mol. The van der Waals surface area contributed by atoms with Crippen LogP contribution in [0, 0.1) is 11.8 Å². The Bertz CT molecular complexity index is 480. The number of phenols is 1. The maximum atomic E-state index is 11.8. The lowest BCUT2D eigenvalue weighted by atomic mass is 9.86. The number of aldehydes is 2. The molecule has 0 aliphatic heterocycles. The smallest absolute Gasteiger partial charge is 0.306 e. The third-order valence-corrected chi connectivity index (χ3v) is 3.67.